The van der Waals surface area contributed by atoms with Crippen LogP contribution in [0.15, 0.2) is 36.0 Å². The van der Waals surface area contributed by atoms with E-state index in [1.807, 2.05) is 13.8 Å². The van der Waals surface area contributed by atoms with Gasteiger partial charge in [0.2, 0.25) is 10.0 Å². The number of hydrogen-bond donors (Lipinski definition) is 2. The normalized spacial score (nSPS) is 42.4. The van der Waals surface area contributed by atoms with Gasteiger partial charge in [-0.15, -0.1) is 6.58 Å². The van der Waals surface area contributed by atoms with E-state index in [4.69, 9.17) is 9.47 Å². The molecule has 0 radical (unpaired) electrons. The molecule has 10 nitrogen and oxygen atoms in total. The van der Waals surface area contributed by atoms with Crippen LogP contribution in [0.25, 0.3) is 0 Å². The van der Waals surface area contributed by atoms with Crippen LogP contribution in [-0.2, 0) is 24.3 Å². The lowest BCUT2D eigenvalue weighted by Crippen LogP contribution is -2.80. The molecule has 44 heavy (non-hydrogen) atoms. The zero-order chi connectivity index (χ0) is 32.1. The zero-order valence-electron chi connectivity index (χ0n) is 25.6. The highest BCUT2D eigenvalue weighted by molar-refractivity contribution is 7.89. The number of Topliss-reactive ketones (excluding diaryl/α,β-unsaturated/α-hetero) is 1. The van der Waals surface area contributed by atoms with E-state index < -0.39 is 70.2 Å². The molecule has 7 rings (SSSR count). The fraction of sp³-hybridized carbons (Fsp3) is 0.645. The number of ketones is 1. The summed E-state index contributed by atoms with van der Waals surface area (Å²) in [6.45, 7) is 11.5. The van der Waals surface area contributed by atoms with Crippen molar-refractivity contribution >= 4 is 40.5 Å². The van der Waals surface area contributed by atoms with Gasteiger partial charge >= 0.3 is 13.0 Å². The van der Waals surface area contributed by atoms with Crippen LogP contribution in [0, 0.1) is 45.8 Å². The van der Waals surface area contributed by atoms with E-state index in [-0.39, 0.29) is 53.5 Å². The van der Waals surface area contributed by atoms with Crippen LogP contribution in [0.4, 0.5) is 4.39 Å². The number of carbonyl (C=O) groups is 2. The van der Waals surface area contributed by atoms with Crippen LogP contribution in [0.1, 0.15) is 52.5 Å². The highest BCUT2D eigenvalue weighted by atomic mass is 32.2. The number of aliphatic hydroxyl groups excluding tert-OH is 1. The molecule has 6 aliphatic rings. The average molecular weight is 631 g/mol. The van der Waals surface area contributed by atoms with Gasteiger partial charge in [0.1, 0.15) is 11.9 Å². The van der Waals surface area contributed by atoms with Crippen LogP contribution in [-0.4, -0.2) is 79.1 Å². The lowest BCUT2D eigenvalue weighted by molar-refractivity contribution is -0.327. The van der Waals surface area contributed by atoms with Crippen molar-refractivity contribution in [2.24, 2.45) is 50.9 Å². The third-order valence-electron chi connectivity index (χ3n) is 12.2. The molecule has 1 aromatic rings. The quantitative estimate of drug-likeness (QED) is 0.277. The molecule has 5 saturated carbocycles. The molecule has 1 spiro atoms. The number of rotatable bonds is 6. The largest absolute Gasteiger partial charge is 0.484 e. The first-order chi connectivity index (χ1) is 20.5. The Morgan fingerprint density at radius 3 is 2.66 bits per heavy atom. The van der Waals surface area contributed by atoms with Crippen molar-refractivity contribution < 1.29 is 42.0 Å². The number of alkyl halides is 1. The van der Waals surface area contributed by atoms with Gasteiger partial charge in [-0.3, -0.25) is 4.79 Å². The average Bonchev–Trinajstić information content (AvgIpc) is 2.96. The van der Waals surface area contributed by atoms with Crippen molar-refractivity contribution in [1.29, 1.82) is 0 Å². The number of hydrazone groups is 1. The number of ether oxygens (including phenoxy) is 2. The van der Waals surface area contributed by atoms with Crippen molar-refractivity contribution in [2.75, 3.05) is 12.9 Å². The summed E-state index contributed by atoms with van der Waals surface area (Å²) in [7, 11) is -5.38. The third-order valence-corrected chi connectivity index (χ3v) is 13.2. The number of esters is 1. The molecule has 238 valence electrons. The molecule has 5 fully saturated rings. The Kier molecular flexibility index (Phi) is 7.18. The Morgan fingerprint density at radius 2 is 2.00 bits per heavy atom. The Hall–Kier alpha value is -2.77. The van der Waals surface area contributed by atoms with Gasteiger partial charge in [-0.05, 0) is 71.5 Å². The minimum atomic E-state index is -3.83. The summed E-state index contributed by atoms with van der Waals surface area (Å²) >= 11 is 0. The van der Waals surface area contributed by atoms with Gasteiger partial charge in [0, 0.05) is 16.7 Å². The van der Waals surface area contributed by atoms with Gasteiger partial charge in [0.15, 0.2) is 18.6 Å². The zero-order valence-corrected chi connectivity index (χ0v) is 26.5. The SMILES string of the molecule is C=C[C@]1(C)C[C@@H](OC(=O)COc2ccc3c(c2)B(O)N(S(C)(=O)=O)N=C3)[C@]2(C)[C@H](C)C[C@H]3C4C(=O)[C@@H](F)C[C@@]3([C@@H](C)[C@@H]1O)[C@@H]42. The minimum Gasteiger partial charge on any atom is -0.482 e. The van der Waals surface area contributed by atoms with Crippen molar-refractivity contribution in [2.45, 2.75) is 65.3 Å². The monoisotopic (exact) mass is 630 g/mol. The van der Waals surface area contributed by atoms with Gasteiger partial charge in [0.25, 0.3) is 0 Å². The molecule has 0 aromatic heterocycles. The van der Waals surface area contributed by atoms with E-state index in [1.165, 1.54) is 12.3 Å². The molecule has 0 amide bonds. The Balaban J connectivity index is 1.27. The topological polar surface area (TPSA) is 143 Å². The number of benzene rings is 1. The van der Waals surface area contributed by atoms with Crippen molar-refractivity contribution in [1.82, 2.24) is 4.33 Å². The van der Waals surface area contributed by atoms with E-state index in [2.05, 4.69) is 25.5 Å². The summed E-state index contributed by atoms with van der Waals surface area (Å²) in [5, 5.41) is 26.2. The summed E-state index contributed by atoms with van der Waals surface area (Å²) in [4.78, 5) is 26.6. The molecule has 1 aromatic carbocycles. The molecular weight excluding hydrogens is 590 g/mol. The summed E-state index contributed by atoms with van der Waals surface area (Å²) in [6, 6.07) is 4.62. The van der Waals surface area contributed by atoms with Crippen molar-refractivity contribution in [3.63, 3.8) is 0 Å². The highest BCUT2D eigenvalue weighted by Crippen LogP contribution is 2.79. The smallest absolute Gasteiger partial charge is 0.482 e. The maximum Gasteiger partial charge on any atom is 0.484 e. The first kappa shape index (κ1) is 31.2. The second-order valence-electron chi connectivity index (χ2n) is 14.2. The number of nitrogens with zero attached hydrogens (tertiary/aromatic N) is 2. The van der Waals surface area contributed by atoms with E-state index in [9.17, 15) is 28.1 Å². The second-order valence-corrected chi connectivity index (χ2v) is 16.0. The molecule has 0 saturated heterocycles. The highest BCUT2D eigenvalue weighted by Gasteiger charge is 2.80. The van der Waals surface area contributed by atoms with Crippen molar-refractivity contribution in [3.8, 4) is 5.75 Å². The van der Waals surface area contributed by atoms with Crippen LogP contribution >= 0.6 is 0 Å². The summed E-state index contributed by atoms with van der Waals surface area (Å²) in [6.07, 6.45) is 1.83. The summed E-state index contributed by atoms with van der Waals surface area (Å²) < 4.78 is 51.7. The predicted molar refractivity (Wildman–Crippen MR) is 161 cm³/mol. The molecule has 5 bridgehead atoms. The van der Waals surface area contributed by atoms with Gasteiger partial charge in [-0.2, -0.15) is 5.10 Å². The number of sulfonamides is 1. The summed E-state index contributed by atoms with van der Waals surface area (Å²) in [5.74, 6) is -1.73. The number of aliphatic hydroxyl groups is 1. The number of fused-ring (bicyclic) bond motifs is 2. The maximum absolute atomic E-state index is 15.1. The molecule has 1 unspecified atom stereocenters. The van der Waals surface area contributed by atoms with E-state index >= 15 is 4.39 Å². The molecule has 11 atom stereocenters. The fourth-order valence-electron chi connectivity index (χ4n) is 9.74. The number of carbonyl (C=O) groups excluding carboxylic acids is 2. The number of hydrogen-bond acceptors (Lipinski definition) is 9. The third kappa shape index (κ3) is 4.17. The maximum atomic E-state index is 15.1. The van der Waals surface area contributed by atoms with Gasteiger partial charge in [0.05, 0.1) is 18.6 Å². The first-order valence-corrected chi connectivity index (χ1v) is 17.0. The standard InChI is InChI=1S/C31H40BFN2O8S/c1-7-29(4)13-23(30(5)16(2)10-20-25-26(37)22(33)12-31(20,27(25)30)17(3)28(29)38)43-24(36)15-42-19-9-8-18-14-34-35(44(6,40)41)32(39)21(18)11-19/h7-9,11,14,16-17,20,22-23,25,27-28,38-39H,1,10,12-13,15H2,2-6H3/t16-,17+,20+,22+,23-,25?,27+,28+,29-,30+,31+/m1/s1. The Labute approximate surface area is 257 Å². The van der Waals surface area contributed by atoms with Gasteiger partial charge < -0.3 is 19.6 Å². The van der Waals surface area contributed by atoms with Crippen LogP contribution < -0.4 is 10.2 Å². The fourth-order valence-corrected chi connectivity index (χ4v) is 10.4. The second kappa shape index (κ2) is 10.1. The molecule has 13 heteroatoms. The first-order valence-electron chi connectivity index (χ1n) is 15.2. The van der Waals surface area contributed by atoms with Gasteiger partial charge in [-0.1, -0.05) is 39.8 Å². The van der Waals surface area contributed by atoms with Crippen LogP contribution in [0.2, 0.25) is 0 Å². The Morgan fingerprint density at radius 1 is 1.30 bits per heavy atom. The Bertz CT molecular complexity index is 1560. The van der Waals surface area contributed by atoms with E-state index in [0.717, 1.165) is 6.26 Å². The molecule has 2 N–H and O–H groups in total. The molecular formula is C31H40BFN2O8S. The summed E-state index contributed by atoms with van der Waals surface area (Å²) in [5.41, 5.74) is -1.34. The number of halogens is 1. The van der Waals surface area contributed by atoms with Crippen LogP contribution in [0.3, 0.4) is 0 Å². The van der Waals surface area contributed by atoms with Gasteiger partial charge in [-0.25, -0.2) is 21.9 Å². The predicted octanol–water partition coefficient (Wildman–Crippen LogP) is 2.07. The lowest BCUT2D eigenvalue weighted by atomic mass is 9.25. The van der Waals surface area contributed by atoms with Crippen LogP contribution in [0.5, 0.6) is 5.75 Å². The minimum absolute atomic E-state index is 0.0189. The lowest BCUT2D eigenvalue weighted by Gasteiger charge is -2.78. The van der Waals surface area contributed by atoms with E-state index in [0.29, 0.717) is 16.3 Å². The van der Waals surface area contributed by atoms with E-state index in [1.54, 1.807) is 18.2 Å². The molecule has 1 aliphatic heterocycles. The molecule has 1 heterocycles. The molecule has 5 aliphatic carbocycles. The van der Waals surface area contributed by atoms with Crippen molar-refractivity contribution in [3.05, 3.63) is 36.4 Å².